The number of carbonyl (C=O) groups is 3. The summed E-state index contributed by atoms with van der Waals surface area (Å²) < 4.78 is 7.07. The molecule has 3 aromatic rings. The number of nitrogens with one attached hydrogen (secondary N) is 2. The lowest BCUT2D eigenvalue weighted by Crippen LogP contribution is -2.51. The number of amides is 3. The van der Waals surface area contributed by atoms with Gasteiger partial charge in [-0.25, -0.2) is 0 Å². The van der Waals surface area contributed by atoms with Crippen molar-refractivity contribution in [2.24, 2.45) is 7.05 Å². The summed E-state index contributed by atoms with van der Waals surface area (Å²) in [6.45, 7) is 2.19. The molecule has 2 unspecified atom stereocenters. The third kappa shape index (κ3) is 4.01. The van der Waals surface area contributed by atoms with Crippen LogP contribution in [0.1, 0.15) is 33.0 Å². The zero-order chi connectivity index (χ0) is 24.9. The second kappa shape index (κ2) is 8.74. The lowest BCUT2D eigenvalue weighted by molar-refractivity contribution is -0.120. The van der Waals surface area contributed by atoms with E-state index in [0.717, 1.165) is 16.8 Å². The Balaban J connectivity index is 1.44. The van der Waals surface area contributed by atoms with Crippen molar-refractivity contribution in [3.05, 3.63) is 64.4 Å². The molecule has 180 valence electrons. The summed E-state index contributed by atoms with van der Waals surface area (Å²) >= 11 is 6.20. The topological polar surface area (TPSA) is 106 Å². The Morgan fingerprint density at radius 1 is 1.17 bits per heavy atom. The van der Waals surface area contributed by atoms with Gasteiger partial charge in [0.2, 0.25) is 5.91 Å². The number of ether oxygens (including phenoxy) is 1. The number of anilines is 1. The minimum absolute atomic E-state index is 0.271. The molecule has 3 heterocycles. The number of methoxy groups -OCH3 is 1. The molecule has 5 rings (SSSR count). The Kier molecular flexibility index (Phi) is 5.72. The zero-order valence-electron chi connectivity index (χ0n) is 19.5. The van der Waals surface area contributed by atoms with E-state index in [4.69, 9.17) is 16.3 Å². The number of nitrogens with zero attached hydrogens (tertiary/aromatic N) is 3. The number of aryl methyl sites for hydroxylation is 2. The molecule has 1 fully saturated rings. The lowest BCUT2D eigenvalue weighted by Gasteiger charge is -2.24. The van der Waals surface area contributed by atoms with Crippen molar-refractivity contribution in [2.75, 3.05) is 19.0 Å². The lowest BCUT2D eigenvalue weighted by atomic mass is 10.0. The van der Waals surface area contributed by atoms with E-state index in [1.54, 1.807) is 61.3 Å². The second-order valence-corrected chi connectivity index (χ2v) is 9.14. The Hall–Kier alpha value is -3.85. The highest BCUT2D eigenvalue weighted by Gasteiger charge is 2.45. The quantitative estimate of drug-likeness (QED) is 0.581. The maximum atomic E-state index is 13.6. The standard InChI is InChI=1S/C25H24ClN5O4/c1-13-10-20(29-30(13)2)23(32)28-19-8-9-31-22(19)24(33)27-18-6-4-14(11-17(18)25(31)34)16-12-15(26)5-7-21(16)35-3/h4-7,10-12,19,22H,8-9H2,1-3H3,(H,27,33)(H,28,32). The van der Waals surface area contributed by atoms with Gasteiger partial charge in [-0.1, -0.05) is 17.7 Å². The second-order valence-electron chi connectivity index (χ2n) is 8.70. The summed E-state index contributed by atoms with van der Waals surface area (Å²) in [5.74, 6) is -0.384. The fourth-order valence-electron chi connectivity index (χ4n) is 4.67. The van der Waals surface area contributed by atoms with Gasteiger partial charge in [0.1, 0.15) is 17.5 Å². The molecule has 2 N–H and O–H groups in total. The monoisotopic (exact) mass is 493 g/mol. The molecule has 0 spiro atoms. The van der Waals surface area contributed by atoms with E-state index in [9.17, 15) is 14.4 Å². The molecule has 2 aromatic carbocycles. The van der Waals surface area contributed by atoms with Crippen molar-refractivity contribution >= 4 is 35.0 Å². The van der Waals surface area contributed by atoms with Crippen LogP contribution >= 0.6 is 11.6 Å². The fourth-order valence-corrected chi connectivity index (χ4v) is 4.85. The van der Waals surface area contributed by atoms with Gasteiger partial charge in [-0.3, -0.25) is 19.1 Å². The molecule has 0 radical (unpaired) electrons. The molecule has 10 heteroatoms. The SMILES string of the molecule is COc1ccc(Cl)cc1-c1ccc2c(c1)C(=O)N1CCC(NC(=O)c3cc(C)n(C)n3)C1C(=O)N2. The van der Waals surface area contributed by atoms with Crippen molar-refractivity contribution < 1.29 is 19.1 Å². The molecular weight excluding hydrogens is 470 g/mol. The highest BCUT2D eigenvalue weighted by Crippen LogP contribution is 2.36. The van der Waals surface area contributed by atoms with Gasteiger partial charge >= 0.3 is 0 Å². The van der Waals surface area contributed by atoms with Crippen LogP contribution in [0.5, 0.6) is 5.75 Å². The molecule has 3 amide bonds. The van der Waals surface area contributed by atoms with Crippen LogP contribution in [0.15, 0.2) is 42.5 Å². The third-order valence-corrected chi connectivity index (χ3v) is 6.81. The first-order valence-corrected chi connectivity index (χ1v) is 11.6. The molecule has 0 aliphatic carbocycles. The number of benzene rings is 2. The van der Waals surface area contributed by atoms with Crippen molar-refractivity contribution in [1.82, 2.24) is 20.0 Å². The summed E-state index contributed by atoms with van der Waals surface area (Å²) in [4.78, 5) is 41.0. The van der Waals surface area contributed by atoms with Gasteiger partial charge < -0.3 is 20.3 Å². The maximum absolute atomic E-state index is 13.6. The van der Waals surface area contributed by atoms with Crippen molar-refractivity contribution in [3.8, 4) is 16.9 Å². The van der Waals surface area contributed by atoms with Gasteiger partial charge in [0.25, 0.3) is 11.8 Å². The maximum Gasteiger partial charge on any atom is 0.272 e. The van der Waals surface area contributed by atoms with E-state index in [0.29, 0.717) is 35.0 Å². The number of carbonyl (C=O) groups excluding carboxylic acids is 3. The summed E-state index contributed by atoms with van der Waals surface area (Å²) in [5.41, 5.74) is 3.37. The minimum atomic E-state index is -0.826. The number of hydrogen-bond donors (Lipinski definition) is 2. The molecule has 2 atom stereocenters. The molecule has 1 aromatic heterocycles. The van der Waals surface area contributed by atoms with E-state index < -0.39 is 12.1 Å². The number of halogens is 1. The number of aromatic nitrogens is 2. The van der Waals surface area contributed by atoms with Crippen LogP contribution in [-0.2, 0) is 11.8 Å². The predicted molar refractivity (Wildman–Crippen MR) is 131 cm³/mol. The predicted octanol–water partition coefficient (Wildman–Crippen LogP) is 3.02. The van der Waals surface area contributed by atoms with E-state index >= 15 is 0 Å². The summed E-state index contributed by atoms with van der Waals surface area (Å²) in [6.07, 6.45) is 0.457. The zero-order valence-corrected chi connectivity index (χ0v) is 20.2. The van der Waals surface area contributed by atoms with E-state index in [2.05, 4.69) is 15.7 Å². The molecule has 2 aliphatic heterocycles. The van der Waals surface area contributed by atoms with Gasteiger partial charge in [-0.05, 0) is 55.3 Å². The molecule has 35 heavy (non-hydrogen) atoms. The highest BCUT2D eigenvalue weighted by molar-refractivity contribution is 6.31. The Labute approximate surface area is 207 Å². The number of fused-ring (bicyclic) bond motifs is 2. The van der Waals surface area contributed by atoms with Gasteiger partial charge in [0.15, 0.2) is 0 Å². The first kappa shape index (κ1) is 22.9. The van der Waals surface area contributed by atoms with Crippen molar-refractivity contribution in [3.63, 3.8) is 0 Å². The van der Waals surface area contributed by atoms with E-state index in [-0.39, 0.29) is 23.4 Å². The molecular formula is C25H24ClN5O4. The minimum Gasteiger partial charge on any atom is -0.496 e. The normalized spacial score (nSPS) is 19.0. The van der Waals surface area contributed by atoms with Gasteiger partial charge in [0, 0.05) is 29.9 Å². The first-order valence-electron chi connectivity index (χ1n) is 11.2. The van der Waals surface area contributed by atoms with Crippen LogP contribution < -0.4 is 15.4 Å². The van der Waals surface area contributed by atoms with E-state index in [1.165, 1.54) is 4.90 Å². The van der Waals surface area contributed by atoms with Crippen LogP contribution in [0.3, 0.4) is 0 Å². The summed E-state index contributed by atoms with van der Waals surface area (Å²) in [7, 11) is 3.32. The summed E-state index contributed by atoms with van der Waals surface area (Å²) in [5, 5.41) is 10.5. The Bertz CT molecular complexity index is 1350. The summed E-state index contributed by atoms with van der Waals surface area (Å²) in [6, 6.07) is 10.8. The molecule has 1 saturated heterocycles. The first-order chi connectivity index (χ1) is 16.8. The largest absolute Gasteiger partial charge is 0.496 e. The smallest absolute Gasteiger partial charge is 0.272 e. The Morgan fingerprint density at radius 3 is 2.69 bits per heavy atom. The molecule has 0 bridgehead atoms. The number of hydrogen-bond acceptors (Lipinski definition) is 5. The van der Waals surface area contributed by atoms with E-state index in [1.807, 2.05) is 6.92 Å². The van der Waals surface area contributed by atoms with Gasteiger partial charge in [-0.15, -0.1) is 0 Å². The fraction of sp³-hybridized carbons (Fsp3) is 0.280. The van der Waals surface area contributed by atoms with Gasteiger partial charge in [0.05, 0.1) is 24.4 Å². The van der Waals surface area contributed by atoms with Crippen LogP contribution in [0.4, 0.5) is 5.69 Å². The van der Waals surface area contributed by atoms with Crippen LogP contribution in [-0.4, -0.2) is 58.1 Å². The average Bonchev–Trinajstić information content (AvgIpc) is 3.38. The van der Waals surface area contributed by atoms with Crippen molar-refractivity contribution in [1.29, 1.82) is 0 Å². The van der Waals surface area contributed by atoms with Crippen molar-refractivity contribution in [2.45, 2.75) is 25.4 Å². The third-order valence-electron chi connectivity index (χ3n) is 6.57. The molecule has 0 saturated carbocycles. The molecule has 2 aliphatic rings. The number of rotatable bonds is 4. The van der Waals surface area contributed by atoms with Crippen LogP contribution in [0.25, 0.3) is 11.1 Å². The van der Waals surface area contributed by atoms with Crippen LogP contribution in [0.2, 0.25) is 5.02 Å². The molecule has 9 nitrogen and oxygen atoms in total. The van der Waals surface area contributed by atoms with Gasteiger partial charge in [-0.2, -0.15) is 5.10 Å². The van der Waals surface area contributed by atoms with Crippen LogP contribution in [0, 0.1) is 6.92 Å². The average molecular weight is 494 g/mol. The Morgan fingerprint density at radius 2 is 1.97 bits per heavy atom. The highest BCUT2D eigenvalue weighted by atomic mass is 35.5.